The van der Waals surface area contributed by atoms with E-state index in [1.807, 2.05) is 6.07 Å². The van der Waals surface area contributed by atoms with E-state index < -0.39 is 11.6 Å². The molecule has 4 rings (SSSR count). The van der Waals surface area contributed by atoms with Crippen LogP contribution in [0.4, 0.5) is 13.2 Å². The lowest BCUT2D eigenvalue weighted by Crippen LogP contribution is -2.25. The third-order valence-corrected chi connectivity index (χ3v) is 7.78. The van der Waals surface area contributed by atoms with Crippen LogP contribution < -0.4 is 4.74 Å². The van der Waals surface area contributed by atoms with Crippen LogP contribution in [0.2, 0.25) is 0 Å². The molecule has 2 aromatic carbocycles. The number of rotatable bonds is 7. The van der Waals surface area contributed by atoms with E-state index in [9.17, 15) is 13.2 Å². The lowest BCUT2D eigenvalue weighted by Gasteiger charge is -2.38. The summed E-state index contributed by atoms with van der Waals surface area (Å²) in [6.45, 7) is 2.37. The molecule has 0 saturated heterocycles. The summed E-state index contributed by atoms with van der Waals surface area (Å²) >= 11 is 0. The second-order valence-corrected chi connectivity index (χ2v) is 9.94. The Morgan fingerprint density at radius 3 is 2.12 bits per heavy atom. The lowest BCUT2D eigenvalue weighted by atomic mass is 9.68. The van der Waals surface area contributed by atoms with E-state index in [2.05, 4.69) is 6.92 Å². The highest BCUT2D eigenvalue weighted by atomic mass is 19.2. The first kappa shape index (κ1) is 23.2. The molecule has 0 unspecified atom stereocenters. The summed E-state index contributed by atoms with van der Waals surface area (Å²) in [6.07, 6.45) is 13.0. The maximum absolute atomic E-state index is 14.3. The minimum Gasteiger partial charge on any atom is -0.489 e. The molecule has 0 aliphatic heterocycles. The highest BCUT2D eigenvalue weighted by molar-refractivity contribution is 5.32. The molecular weight excluding hydrogens is 409 g/mol. The normalized spacial score (nSPS) is 26.1. The van der Waals surface area contributed by atoms with Crippen molar-refractivity contribution >= 4 is 0 Å². The lowest BCUT2D eigenvalue weighted by molar-refractivity contribution is 0.156. The number of hydrogen-bond donors (Lipinski definition) is 0. The smallest absolute Gasteiger partial charge is 0.159 e. The van der Waals surface area contributed by atoms with Gasteiger partial charge in [0.15, 0.2) is 11.6 Å². The van der Waals surface area contributed by atoms with Gasteiger partial charge in [-0.25, -0.2) is 13.2 Å². The standard InChI is InChI=1S/C28H35F3O/c1-2-3-19-4-7-21(8-5-19)22-9-11-23(12-10-22)24-15-25(29)17-26(16-24)32-18-20-6-13-27(30)28(31)14-20/h6,13-17,19,21-23H,2-5,7-12,18H2,1H3. The molecule has 2 fully saturated rings. The van der Waals surface area contributed by atoms with Crippen molar-refractivity contribution in [3.05, 3.63) is 65.0 Å². The van der Waals surface area contributed by atoms with Gasteiger partial charge in [-0.15, -0.1) is 0 Å². The minimum absolute atomic E-state index is 0.0769. The molecule has 0 bridgehead atoms. The average Bonchev–Trinajstić information content (AvgIpc) is 2.80. The van der Waals surface area contributed by atoms with Gasteiger partial charge in [-0.1, -0.05) is 38.7 Å². The van der Waals surface area contributed by atoms with Gasteiger partial charge in [0.25, 0.3) is 0 Å². The van der Waals surface area contributed by atoms with Crippen LogP contribution in [0.1, 0.15) is 88.2 Å². The van der Waals surface area contributed by atoms with Crippen molar-refractivity contribution in [1.29, 1.82) is 0 Å². The van der Waals surface area contributed by atoms with Crippen molar-refractivity contribution in [2.75, 3.05) is 0 Å². The second-order valence-electron chi connectivity index (χ2n) is 9.94. The molecule has 0 spiro atoms. The highest BCUT2D eigenvalue weighted by Gasteiger charge is 2.31. The van der Waals surface area contributed by atoms with Crippen LogP contribution in [0.15, 0.2) is 36.4 Å². The van der Waals surface area contributed by atoms with E-state index in [0.29, 0.717) is 17.2 Å². The van der Waals surface area contributed by atoms with E-state index in [1.165, 1.54) is 63.5 Å². The minimum atomic E-state index is -0.901. The Hall–Kier alpha value is -1.97. The van der Waals surface area contributed by atoms with E-state index in [0.717, 1.165) is 48.3 Å². The van der Waals surface area contributed by atoms with Gasteiger partial charge in [-0.05, 0) is 97.6 Å². The van der Waals surface area contributed by atoms with Crippen molar-refractivity contribution in [3.8, 4) is 5.75 Å². The van der Waals surface area contributed by atoms with Gasteiger partial charge in [-0.3, -0.25) is 0 Å². The molecule has 2 aliphatic rings. The maximum Gasteiger partial charge on any atom is 0.159 e. The van der Waals surface area contributed by atoms with Crippen LogP contribution in [0.25, 0.3) is 0 Å². The molecule has 0 atom stereocenters. The molecule has 2 aromatic rings. The molecule has 0 radical (unpaired) electrons. The number of hydrogen-bond acceptors (Lipinski definition) is 1. The summed E-state index contributed by atoms with van der Waals surface area (Å²) in [5.74, 6) is 1.38. The first-order valence-corrected chi connectivity index (χ1v) is 12.4. The average molecular weight is 445 g/mol. The summed E-state index contributed by atoms with van der Waals surface area (Å²) in [7, 11) is 0. The molecule has 0 aromatic heterocycles. The molecule has 0 heterocycles. The van der Waals surface area contributed by atoms with Crippen molar-refractivity contribution in [2.24, 2.45) is 17.8 Å². The molecule has 2 aliphatic carbocycles. The van der Waals surface area contributed by atoms with Crippen molar-refractivity contribution in [1.82, 2.24) is 0 Å². The van der Waals surface area contributed by atoms with Gasteiger partial charge >= 0.3 is 0 Å². The third kappa shape index (κ3) is 5.88. The van der Waals surface area contributed by atoms with E-state index in [1.54, 1.807) is 6.07 Å². The molecule has 4 heteroatoms. The Morgan fingerprint density at radius 2 is 1.47 bits per heavy atom. The molecular formula is C28H35F3O. The molecule has 0 amide bonds. The predicted octanol–water partition coefficient (Wildman–Crippen LogP) is 8.56. The molecule has 32 heavy (non-hydrogen) atoms. The van der Waals surface area contributed by atoms with Gasteiger partial charge in [0, 0.05) is 6.07 Å². The SMILES string of the molecule is CCCC1CCC(C2CCC(c3cc(F)cc(OCc4ccc(F)c(F)c4)c3)CC2)CC1. The van der Waals surface area contributed by atoms with Gasteiger partial charge < -0.3 is 4.74 Å². The van der Waals surface area contributed by atoms with Gasteiger partial charge in [0.1, 0.15) is 18.2 Å². The van der Waals surface area contributed by atoms with Gasteiger partial charge in [-0.2, -0.15) is 0 Å². The van der Waals surface area contributed by atoms with Crippen molar-refractivity contribution < 1.29 is 17.9 Å². The van der Waals surface area contributed by atoms with E-state index in [-0.39, 0.29) is 12.4 Å². The van der Waals surface area contributed by atoms with Gasteiger partial charge in [0.2, 0.25) is 0 Å². The van der Waals surface area contributed by atoms with E-state index in [4.69, 9.17) is 4.74 Å². The number of halogens is 3. The zero-order valence-electron chi connectivity index (χ0n) is 19.1. The monoisotopic (exact) mass is 444 g/mol. The summed E-state index contributed by atoms with van der Waals surface area (Å²) in [6, 6.07) is 8.60. The highest BCUT2D eigenvalue weighted by Crippen LogP contribution is 2.45. The van der Waals surface area contributed by atoms with Crippen LogP contribution in [-0.4, -0.2) is 0 Å². The summed E-state index contributed by atoms with van der Waals surface area (Å²) in [5.41, 5.74) is 1.51. The summed E-state index contributed by atoms with van der Waals surface area (Å²) < 4.78 is 46.5. The topological polar surface area (TPSA) is 9.23 Å². The largest absolute Gasteiger partial charge is 0.489 e. The first-order valence-electron chi connectivity index (χ1n) is 12.4. The van der Waals surface area contributed by atoms with Crippen molar-refractivity contribution in [3.63, 3.8) is 0 Å². The van der Waals surface area contributed by atoms with Crippen LogP contribution in [0, 0.1) is 35.2 Å². The Kier molecular flexibility index (Phi) is 7.80. The summed E-state index contributed by atoms with van der Waals surface area (Å²) in [4.78, 5) is 0. The van der Waals surface area contributed by atoms with Crippen LogP contribution in [-0.2, 0) is 6.61 Å². The molecule has 0 N–H and O–H groups in total. The quantitative estimate of drug-likeness (QED) is 0.416. The molecule has 1 nitrogen and oxygen atoms in total. The fourth-order valence-corrected chi connectivity index (χ4v) is 5.98. The maximum atomic E-state index is 14.3. The molecule has 2 saturated carbocycles. The third-order valence-electron chi connectivity index (χ3n) is 7.78. The Balaban J connectivity index is 1.31. The Bertz CT molecular complexity index is 880. The Morgan fingerprint density at radius 1 is 0.781 bits per heavy atom. The van der Waals surface area contributed by atoms with E-state index >= 15 is 0 Å². The Labute approximate surface area is 190 Å². The second kappa shape index (κ2) is 10.8. The van der Waals surface area contributed by atoms with Crippen LogP contribution >= 0.6 is 0 Å². The number of ether oxygens (including phenoxy) is 1. The molecule has 174 valence electrons. The van der Waals surface area contributed by atoms with Crippen LogP contribution in [0.5, 0.6) is 5.75 Å². The zero-order valence-corrected chi connectivity index (χ0v) is 19.1. The zero-order chi connectivity index (χ0) is 22.5. The number of benzene rings is 2. The van der Waals surface area contributed by atoms with Gasteiger partial charge in [0.05, 0.1) is 0 Å². The summed E-state index contributed by atoms with van der Waals surface area (Å²) in [5, 5.41) is 0. The predicted molar refractivity (Wildman–Crippen MR) is 122 cm³/mol. The first-order chi connectivity index (χ1) is 15.5. The fourth-order valence-electron chi connectivity index (χ4n) is 5.98. The fraction of sp³-hybridized carbons (Fsp3) is 0.571. The van der Waals surface area contributed by atoms with Crippen molar-refractivity contribution in [2.45, 2.75) is 83.7 Å². The van der Waals surface area contributed by atoms with Crippen LogP contribution in [0.3, 0.4) is 0 Å².